The van der Waals surface area contributed by atoms with Gasteiger partial charge in [0.25, 0.3) is 0 Å². The molecular formula is C14H15BrFN3. The van der Waals surface area contributed by atoms with Gasteiger partial charge in [-0.15, -0.1) is 5.10 Å². The van der Waals surface area contributed by atoms with E-state index in [1.807, 2.05) is 16.9 Å². The monoisotopic (exact) mass is 323 g/mol. The van der Waals surface area contributed by atoms with Crippen molar-refractivity contribution in [2.45, 2.75) is 38.1 Å². The molecule has 2 aromatic rings. The molecule has 1 aromatic carbocycles. The molecule has 0 spiro atoms. The lowest BCUT2D eigenvalue weighted by molar-refractivity contribution is 0.324. The van der Waals surface area contributed by atoms with Crippen LogP contribution < -0.4 is 0 Å². The molecule has 0 radical (unpaired) electrons. The third-order valence-corrected chi connectivity index (χ3v) is 4.34. The first-order chi connectivity index (χ1) is 9.25. The summed E-state index contributed by atoms with van der Waals surface area (Å²) < 4.78 is 16.5. The SMILES string of the molecule is Fc1cccc(Br)c1-c1cn(C2CCCCC2)nn1. The largest absolute Gasteiger partial charge is 0.249 e. The molecule has 0 atom stereocenters. The molecule has 1 aromatic heterocycles. The lowest BCUT2D eigenvalue weighted by atomic mass is 9.96. The van der Waals surface area contributed by atoms with Crippen LogP contribution in [0.25, 0.3) is 11.3 Å². The van der Waals surface area contributed by atoms with Crippen molar-refractivity contribution in [3.63, 3.8) is 0 Å². The highest BCUT2D eigenvalue weighted by molar-refractivity contribution is 9.10. The normalized spacial score (nSPS) is 16.7. The quantitative estimate of drug-likeness (QED) is 0.822. The summed E-state index contributed by atoms with van der Waals surface area (Å²) in [4.78, 5) is 0. The molecule has 3 nitrogen and oxygen atoms in total. The molecule has 0 saturated heterocycles. The van der Waals surface area contributed by atoms with Crippen LogP contribution in [0.15, 0.2) is 28.9 Å². The maximum Gasteiger partial charge on any atom is 0.133 e. The Morgan fingerprint density at radius 3 is 2.74 bits per heavy atom. The minimum atomic E-state index is -0.273. The first-order valence-corrected chi connectivity index (χ1v) is 7.41. The second kappa shape index (κ2) is 5.41. The first kappa shape index (κ1) is 12.8. The van der Waals surface area contributed by atoms with Crippen molar-refractivity contribution in [3.8, 4) is 11.3 Å². The number of hydrogen-bond donors (Lipinski definition) is 0. The van der Waals surface area contributed by atoms with Crippen molar-refractivity contribution in [2.24, 2.45) is 0 Å². The van der Waals surface area contributed by atoms with Crippen LogP contribution in [0.4, 0.5) is 4.39 Å². The van der Waals surface area contributed by atoms with Gasteiger partial charge in [-0.1, -0.05) is 30.5 Å². The number of hydrogen-bond acceptors (Lipinski definition) is 2. The van der Waals surface area contributed by atoms with Gasteiger partial charge in [0.2, 0.25) is 0 Å². The number of halogens is 2. The van der Waals surface area contributed by atoms with Crippen molar-refractivity contribution in [2.75, 3.05) is 0 Å². The lowest BCUT2D eigenvalue weighted by Gasteiger charge is -2.20. The maximum absolute atomic E-state index is 13.9. The predicted molar refractivity (Wildman–Crippen MR) is 75.2 cm³/mol. The van der Waals surface area contributed by atoms with E-state index in [2.05, 4.69) is 26.2 Å². The second-order valence-electron chi connectivity index (χ2n) is 4.97. The van der Waals surface area contributed by atoms with Crippen LogP contribution in [-0.4, -0.2) is 15.0 Å². The molecule has 0 unspecified atom stereocenters. The average Bonchev–Trinajstić information content (AvgIpc) is 2.89. The standard InChI is InChI=1S/C14H15BrFN3/c15-11-7-4-8-12(16)14(11)13-9-19(18-17-13)10-5-2-1-3-6-10/h4,7-10H,1-3,5-6H2. The molecule has 100 valence electrons. The Morgan fingerprint density at radius 1 is 1.21 bits per heavy atom. The van der Waals surface area contributed by atoms with Crippen molar-refractivity contribution in [3.05, 3.63) is 34.7 Å². The van der Waals surface area contributed by atoms with Gasteiger partial charge in [-0.2, -0.15) is 0 Å². The van der Waals surface area contributed by atoms with E-state index in [-0.39, 0.29) is 5.82 Å². The summed E-state index contributed by atoms with van der Waals surface area (Å²) in [5, 5.41) is 8.30. The number of benzene rings is 1. The van der Waals surface area contributed by atoms with Gasteiger partial charge < -0.3 is 0 Å². The Morgan fingerprint density at radius 2 is 2.00 bits per heavy atom. The van der Waals surface area contributed by atoms with Gasteiger partial charge in [0, 0.05) is 4.47 Å². The van der Waals surface area contributed by atoms with Gasteiger partial charge in [-0.05, 0) is 40.9 Å². The van der Waals surface area contributed by atoms with Crippen LogP contribution in [-0.2, 0) is 0 Å². The van der Waals surface area contributed by atoms with E-state index >= 15 is 0 Å². The molecule has 19 heavy (non-hydrogen) atoms. The summed E-state index contributed by atoms with van der Waals surface area (Å²) in [5.41, 5.74) is 1.08. The van der Waals surface area contributed by atoms with Crippen LogP contribution in [0.3, 0.4) is 0 Å². The molecule has 0 bridgehead atoms. The molecule has 1 fully saturated rings. The molecule has 5 heteroatoms. The average molecular weight is 324 g/mol. The summed E-state index contributed by atoms with van der Waals surface area (Å²) in [6, 6.07) is 5.35. The van der Waals surface area contributed by atoms with E-state index in [0.717, 1.165) is 12.8 Å². The highest BCUT2D eigenvalue weighted by Crippen LogP contribution is 2.32. The predicted octanol–water partition coefficient (Wildman–Crippen LogP) is 4.35. The third-order valence-electron chi connectivity index (χ3n) is 3.68. The van der Waals surface area contributed by atoms with Crippen molar-refractivity contribution in [1.29, 1.82) is 0 Å². The minimum Gasteiger partial charge on any atom is -0.249 e. The van der Waals surface area contributed by atoms with E-state index in [1.54, 1.807) is 6.07 Å². The Hall–Kier alpha value is -1.23. The highest BCUT2D eigenvalue weighted by Gasteiger charge is 2.19. The Balaban J connectivity index is 1.92. The smallest absolute Gasteiger partial charge is 0.133 e. The van der Waals surface area contributed by atoms with Gasteiger partial charge in [0.15, 0.2) is 0 Å². The number of aromatic nitrogens is 3. The fourth-order valence-electron chi connectivity index (χ4n) is 2.66. The minimum absolute atomic E-state index is 0.273. The summed E-state index contributed by atoms with van der Waals surface area (Å²) in [6.07, 6.45) is 7.92. The number of nitrogens with zero attached hydrogens (tertiary/aromatic N) is 3. The molecule has 1 heterocycles. The van der Waals surface area contributed by atoms with Crippen molar-refractivity contribution < 1.29 is 4.39 Å². The molecule has 0 amide bonds. The summed E-state index contributed by atoms with van der Waals surface area (Å²) in [6.45, 7) is 0. The summed E-state index contributed by atoms with van der Waals surface area (Å²) >= 11 is 3.37. The molecular weight excluding hydrogens is 309 g/mol. The van der Waals surface area contributed by atoms with Crippen LogP contribution >= 0.6 is 15.9 Å². The van der Waals surface area contributed by atoms with E-state index in [0.29, 0.717) is 21.8 Å². The lowest BCUT2D eigenvalue weighted by Crippen LogP contribution is -2.13. The molecule has 0 N–H and O–H groups in total. The first-order valence-electron chi connectivity index (χ1n) is 6.62. The summed E-state index contributed by atoms with van der Waals surface area (Å²) in [5.74, 6) is -0.273. The Kier molecular flexibility index (Phi) is 3.64. The molecule has 1 aliphatic rings. The van der Waals surface area contributed by atoms with E-state index in [4.69, 9.17) is 0 Å². The zero-order valence-corrected chi connectivity index (χ0v) is 12.1. The van der Waals surface area contributed by atoms with E-state index in [9.17, 15) is 4.39 Å². The van der Waals surface area contributed by atoms with Crippen LogP contribution in [0.1, 0.15) is 38.1 Å². The summed E-state index contributed by atoms with van der Waals surface area (Å²) in [7, 11) is 0. The fraction of sp³-hybridized carbons (Fsp3) is 0.429. The van der Waals surface area contributed by atoms with E-state index in [1.165, 1.54) is 25.3 Å². The Bertz CT molecular complexity index is 556. The van der Waals surface area contributed by atoms with Crippen molar-refractivity contribution >= 4 is 15.9 Å². The highest BCUT2D eigenvalue weighted by atomic mass is 79.9. The van der Waals surface area contributed by atoms with Gasteiger partial charge in [-0.25, -0.2) is 9.07 Å². The molecule has 3 rings (SSSR count). The third kappa shape index (κ3) is 2.56. The van der Waals surface area contributed by atoms with Gasteiger partial charge in [-0.3, -0.25) is 0 Å². The maximum atomic E-state index is 13.9. The zero-order valence-electron chi connectivity index (χ0n) is 10.5. The number of rotatable bonds is 2. The van der Waals surface area contributed by atoms with E-state index < -0.39 is 0 Å². The zero-order chi connectivity index (χ0) is 13.2. The van der Waals surface area contributed by atoms with Gasteiger partial charge in [0.1, 0.15) is 11.5 Å². The van der Waals surface area contributed by atoms with Gasteiger partial charge in [0.05, 0.1) is 17.8 Å². The van der Waals surface area contributed by atoms with Crippen LogP contribution in [0.2, 0.25) is 0 Å². The fourth-order valence-corrected chi connectivity index (χ4v) is 3.20. The molecule has 0 aliphatic heterocycles. The molecule has 1 aliphatic carbocycles. The van der Waals surface area contributed by atoms with Crippen LogP contribution in [0, 0.1) is 5.82 Å². The second-order valence-corrected chi connectivity index (χ2v) is 5.83. The topological polar surface area (TPSA) is 30.7 Å². The Labute approximate surface area is 120 Å². The van der Waals surface area contributed by atoms with Gasteiger partial charge >= 0.3 is 0 Å². The van der Waals surface area contributed by atoms with Crippen molar-refractivity contribution in [1.82, 2.24) is 15.0 Å². The van der Waals surface area contributed by atoms with Crippen LogP contribution in [0.5, 0.6) is 0 Å². The molecule has 1 saturated carbocycles.